The second-order valence-electron chi connectivity index (χ2n) is 8.45. The average molecular weight is 473 g/mol. The second-order valence-corrected chi connectivity index (χ2v) is 8.45. The molecule has 3 unspecified atom stereocenters. The Kier molecular flexibility index (Phi) is 7.18. The van der Waals surface area contributed by atoms with E-state index < -0.39 is 6.10 Å². The molecule has 9 heteroatoms. The van der Waals surface area contributed by atoms with Crippen molar-refractivity contribution < 1.29 is 33.3 Å². The first-order valence-electron chi connectivity index (χ1n) is 11.1. The third-order valence-electron chi connectivity index (χ3n) is 5.95. The molecule has 3 atom stereocenters. The minimum absolute atomic E-state index is 0.0238. The number of anilines is 1. The molecule has 34 heavy (non-hydrogen) atoms. The van der Waals surface area contributed by atoms with Gasteiger partial charge in [0, 0.05) is 48.9 Å². The van der Waals surface area contributed by atoms with E-state index in [1.165, 1.54) is 12.1 Å². The van der Waals surface area contributed by atoms with Crippen LogP contribution in [0.25, 0.3) is 22.3 Å². The number of carbonyl (C=O) groups is 1. The van der Waals surface area contributed by atoms with Crippen LogP contribution in [0.5, 0.6) is 0 Å². The number of likely N-dealkylation sites (N-methyl/N-ethyl adjacent to an activating group) is 1. The molecular weight excluding hydrogens is 443 g/mol. The summed E-state index contributed by atoms with van der Waals surface area (Å²) in [5.41, 5.74) is 3.32. The highest BCUT2D eigenvalue weighted by atomic mass is 19.1. The number of amides is 1. The highest BCUT2D eigenvalue weighted by Crippen LogP contribution is 2.41. The summed E-state index contributed by atoms with van der Waals surface area (Å²) in [7, 11) is 3.49. The van der Waals surface area contributed by atoms with Gasteiger partial charge in [-0.3, -0.25) is 4.79 Å². The van der Waals surface area contributed by atoms with E-state index in [0.717, 1.165) is 11.3 Å². The minimum Gasteiger partial charge on any atom is -0.455 e. The van der Waals surface area contributed by atoms with Crippen molar-refractivity contribution >= 4 is 22.6 Å². The lowest BCUT2D eigenvalue weighted by molar-refractivity contribution is -0.0649. The number of nitrogens with one attached hydrogen (secondary N) is 1. The quantitative estimate of drug-likeness (QED) is 0.486. The molecule has 0 spiro atoms. The molecule has 182 valence electrons. The van der Waals surface area contributed by atoms with Crippen molar-refractivity contribution in [3.05, 3.63) is 53.3 Å². The highest BCUT2D eigenvalue weighted by Gasteiger charge is 2.29. The van der Waals surface area contributed by atoms with E-state index in [4.69, 9.17) is 19.0 Å². The highest BCUT2D eigenvalue weighted by molar-refractivity contribution is 6.11. The summed E-state index contributed by atoms with van der Waals surface area (Å²) in [5, 5.41) is 21.8. The largest absolute Gasteiger partial charge is 0.455 e. The van der Waals surface area contributed by atoms with Crippen LogP contribution in [0.3, 0.4) is 0 Å². The fraction of sp³-hybridized carbons (Fsp3) is 0.400. The molecule has 3 N–H and O–H groups in total. The predicted octanol–water partition coefficient (Wildman–Crippen LogP) is 2.86. The van der Waals surface area contributed by atoms with Gasteiger partial charge in [0.1, 0.15) is 23.3 Å². The van der Waals surface area contributed by atoms with Gasteiger partial charge in [-0.2, -0.15) is 0 Å². The predicted molar refractivity (Wildman–Crippen MR) is 125 cm³/mol. The van der Waals surface area contributed by atoms with Crippen molar-refractivity contribution in [2.75, 3.05) is 45.4 Å². The summed E-state index contributed by atoms with van der Waals surface area (Å²) in [4.78, 5) is 14.9. The van der Waals surface area contributed by atoms with E-state index in [9.17, 15) is 14.3 Å². The number of nitrogens with zero attached hydrogens (tertiary/aromatic N) is 1. The fourth-order valence-electron chi connectivity index (χ4n) is 4.25. The van der Waals surface area contributed by atoms with Crippen LogP contribution in [0, 0.1) is 5.82 Å². The molecule has 0 saturated carbocycles. The van der Waals surface area contributed by atoms with E-state index in [0.29, 0.717) is 34.4 Å². The van der Waals surface area contributed by atoms with E-state index in [2.05, 4.69) is 5.32 Å². The smallest absolute Gasteiger partial charge is 0.255 e. The molecule has 1 aromatic heterocycles. The van der Waals surface area contributed by atoms with Gasteiger partial charge in [0.25, 0.3) is 5.91 Å². The lowest BCUT2D eigenvalue weighted by Crippen LogP contribution is -2.34. The van der Waals surface area contributed by atoms with Crippen LogP contribution in [0.2, 0.25) is 0 Å². The van der Waals surface area contributed by atoms with Crippen molar-refractivity contribution in [3.8, 4) is 11.3 Å². The van der Waals surface area contributed by atoms with Gasteiger partial charge in [0.05, 0.1) is 37.6 Å². The van der Waals surface area contributed by atoms with Gasteiger partial charge in [-0.25, -0.2) is 4.39 Å². The summed E-state index contributed by atoms with van der Waals surface area (Å²) in [6.07, 6.45) is -1.50. The van der Waals surface area contributed by atoms with Gasteiger partial charge >= 0.3 is 0 Å². The summed E-state index contributed by atoms with van der Waals surface area (Å²) in [6.45, 7) is 2.38. The Morgan fingerprint density at radius 3 is 2.74 bits per heavy atom. The van der Waals surface area contributed by atoms with Crippen molar-refractivity contribution in [3.63, 3.8) is 0 Å². The molecule has 8 nitrogen and oxygen atoms in total. The lowest BCUT2D eigenvalue weighted by atomic mass is 10.00. The number of benzene rings is 2. The third-order valence-corrected chi connectivity index (χ3v) is 5.95. The Hall–Kier alpha value is -2.98. The maximum absolute atomic E-state index is 13.5. The van der Waals surface area contributed by atoms with Crippen LogP contribution in [0.4, 0.5) is 10.1 Å². The first-order chi connectivity index (χ1) is 16.3. The van der Waals surface area contributed by atoms with Crippen molar-refractivity contribution in [1.82, 2.24) is 5.32 Å². The number of fused-ring (bicyclic) bond motifs is 2. The molecule has 2 aromatic carbocycles. The molecule has 0 radical (unpaired) electrons. The zero-order chi connectivity index (χ0) is 24.4. The standard InChI is InChI=1S/C25H29FN2O6/c1-14-19-8-20-22(9-21(19)28(3)10-18(33-14)13-32-12-17(30)11-29)34-24(23(20)25(31)27-2)15-4-6-16(26)7-5-15/h4-9,14,17-18,29-30H,10-13H2,1-3H3,(H,27,31). The molecule has 1 aliphatic heterocycles. The van der Waals surface area contributed by atoms with E-state index in [1.54, 1.807) is 19.2 Å². The number of carbonyl (C=O) groups excluding carboxylic acids is 1. The number of halogens is 1. The van der Waals surface area contributed by atoms with Crippen LogP contribution in [0.15, 0.2) is 40.8 Å². The number of hydrogen-bond acceptors (Lipinski definition) is 7. The van der Waals surface area contributed by atoms with Crippen LogP contribution < -0.4 is 10.2 Å². The molecule has 3 aromatic rings. The SMILES string of the molecule is CNC(=O)c1c(-c2ccc(F)cc2)oc2cc3c(cc12)C(C)OC(COCC(O)CO)CN3C. The number of aliphatic hydroxyl groups excluding tert-OH is 2. The normalized spacial score (nSPS) is 19.1. The topological polar surface area (TPSA) is 104 Å². The van der Waals surface area contributed by atoms with Gasteiger partial charge in [0.15, 0.2) is 0 Å². The van der Waals surface area contributed by atoms with Crippen LogP contribution in [0.1, 0.15) is 28.9 Å². The summed E-state index contributed by atoms with van der Waals surface area (Å²) >= 11 is 0. The van der Waals surface area contributed by atoms with Crippen LogP contribution in [-0.4, -0.2) is 68.8 Å². The molecular formula is C25H29FN2O6. The Bertz CT molecular complexity index is 1160. The van der Waals surface area contributed by atoms with E-state index in [-0.39, 0.29) is 43.8 Å². The van der Waals surface area contributed by atoms with Gasteiger partial charge in [-0.05, 0) is 37.3 Å². The summed E-state index contributed by atoms with van der Waals surface area (Å²) in [6, 6.07) is 9.63. The van der Waals surface area contributed by atoms with Gasteiger partial charge in [-0.15, -0.1) is 0 Å². The van der Waals surface area contributed by atoms with Gasteiger partial charge in [-0.1, -0.05) is 0 Å². The van der Waals surface area contributed by atoms with Gasteiger partial charge in [0.2, 0.25) is 0 Å². The number of furan rings is 1. The Morgan fingerprint density at radius 2 is 2.06 bits per heavy atom. The molecule has 4 rings (SSSR count). The van der Waals surface area contributed by atoms with Crippen LogP contribution >= 0.6 is 0 Å². The van der Waals surface area contributed by atoms with E-state index >= 15 is 0 Å². The monoisotopic (exact) mass is 472 g/mol. The molecule has 0 aliphatic carbocycles. The zero-order valence-corrected chi connectivity index (χ0v) is 19.4. The van der Waals surface area contributed by atoms with Gasteiger partial charge < -0.3 is 34.3 Å². The van der Waals surface area contributed by atoms with Crippen LogP contribution in [-0.2, 0) is 9.47 Å². The maximum atomic E-state index is 13.5. The van der Waals surface area contributed by atoms with E-state index in [1.807, 2.05) is 31.0 Å². The fourth-order valence-corrected chi connectivity index (χ4v) is 4.25. The number of ether oxygens (including phenoxy) is 2. The van der Waals surface area contributed by atoms with Crippen molar-refractivity contribution in [2.45, 2.75) is 25.2 Å². The number of rotatable bonds is 7. The molecule has 0 saturated heterocycles. The maximum Gasteiger partial charge on any atom is 0.255 e. The Morgan fingerprint density at radius 1 is 1.32 bits per heavy atom. The number of aliphatic hydroxyl groups is 2. The third kappa shape index (κ3) is 4.78. The molecule has 1 aliphatic rings. The second kappa shape index (κ2) is 10.1. The average Bonchev–Trinajstić information content (AvgIpc) is 3.16. The Balaban J connectivity index is 1.72. The number of hydrogen-bond donors (Lipinski definition) is 3. The minimum atomic E-state index is -0.927. The molecule has 0 fully saturated rings. The molecule has 1 amide bonds. The first-order valence-corrected chi connectivity index (χ1v) is 11.1. The molecule has 2 heterocycles. The lowest BCUT2D eigenvalue weighted by Gasteiger charge is -2.23. The summed E-state index contributed by atoms with van der Waals surface area (Å²) in [5.74, 6) is -0.299. The summed E-state index contributed by atoms with van der Waals surface area (Å²) < 4.78 is 31.3. The van der Waals surface area contributed by atoms with Crippen molar-refractivity contribution in [2.24, 2.45) is 0 Å². The van der Waals surface area contributed by atoms with Crippen molar-refractivity contribution in [1.29, 1.82) is 0 Å². The first kappa shape index (κ1) is 24.2. The Labute approximate surface area is 196 Å². The molecule has 0 bridgehead atoms. The zero-order valence-electron chi connectivity index (χ0n) is 19.4.